The van der Waals surface area contributed by atoms with Crippen molar-refractivity contribution in [1.29, 1.82) is 0 Å². The van der Waals surface area contributed by atoms with E-state index in [4.69, 9.17) is 14.2 Å². The molecule has 136 valence electrons. The van der Waals surface area contributed by atoms with Gasteiger partial charge in [-0.25, -0.2) is 0 Å². The van der Waals surface area contributed by atoms with Gasteiger partial charge in [0, 0.05) is 25.3 Å². The summed E-state index contributed by atoms with van der Waals surface area (Å²) < 4.78 is 16.1. The van der Waals surface area contributed by atoms with Crippen molar-refractivity contribution in [1.82, 2.24) is 5.32 Å². The molecule has 0 radical (unpaired) electrons. The van der Waals surface area contributed by atoms with Gasteiger partial charge in [-0.15, -0.1) is 0 Å². The number of benzene rings is 3. The van der Waals surface area contributed by atoms with Crippen molar-refractivity contribution in [3.8, 4) is 11.5 Å². The van der Waals surface area contributed by atoms with Gasteiger partial charge in [-0.05, 0) is 41.5 Å². The molecule has 0 heterocycles. The molecule has 0 aromatic heterocycles. The van der Waals surface area contributed by atoms with E-state index in [1.165, 1.54) is 16.3 Å². The van der Waals surface area contributed by atoms with Crippen molar-refractivity contribution >= 4 is 10.8 Å². The van der Waals surface area contributed by atoms with Crippen LogP contribution in [0.1, 0.15) is 24.1 Å². The second-order valence-electron chi connectivity index (χ2n) is 6.20. The maximum Gasteiger partial charge on any atom is 0.188 e. The summed E-state index contributed by atoms with van der Waals surface area (Å²) in [5.74, 6) is 1.61. The van der Waals surface area contributed by atoms with Crippen molar-refractivity contribution in [3.63, 3.8) is 0 Å². The summed E-state index contributed by atoms with van der Waals surface area (Å²) in [6.45, 7) is 3.07. The lowest BCUT2D eigenvalue weighted by Crippen LogP contribution is -2.19. The van der Waals surface area contributed by atoms with Crippen LogP contribution in [0.3, 0.4) is 0 Å². The fourth-order valence-electron chi connectivity index (χ4n) is 3.09. The maximum absolute atomic E-state index is 5.68. The average molecular weight is 351 g/mol. The van der Waals surface area contributed by atoms with E-state index >= 15 is 0 Å². The maximum atomic E-state index is 5.68. The molecule has 0 amide bonds. The van der Waals surface area contributed by atoms with Crippen molar-refractivity contribution in [3.05, 3.63) is 71.8 Å². The van der Waals surface area contributed by atoms with E-state index in [2.05, 4.69) is 54.7 Å². The van der Waals surface area contributed by atoms with Gasteiger partial charge >= 0.3 is 0 Å². The summed E-state index contributed by atoms with van der Waals surface area (Å²) >= 11 is 0. The first kappa shape index (κ1) is 18.2. The molecule has 0 saturated heterocycles. The standard InChI is InChI=1S/C22H25NO3/c1-16(20-10-6-8-17-7-4-5-9-21(17)20)23-14-18-13-19(25-3)11-12-22(18)26-15-24-2/h4-13,16,23H,14-15H2,1-3H3/t16-/m1/s1. The number of hydrogen-bond donors (Lipinski definition) is 1. The molecule has 3 rings (SSSR count). The van der Waals surface area contributed by atoms with Crippen LogP contribution in [0.25, 0.3) is 10.8 Å². The Labute approximate surface area is 154 Å². The van der Waals surface area contributed by atoms with Crippen LogP contribution in [0.2, 0.25) is 0 Å². The molecule has 0 bridgehead atoms. The summed E-state index contributed by atoms with van der Waals surface area (Å²) in [6.07, 6.45) is 0. The smallest absolute Gasteiger partial charge is 0.188 e. The average Bonchev–Trinajstić information content (AvgIpc) is 2.70. The lowest BCUT2D eigenvalue weighted by atomic mass is 9.99. The van der Waals surface area contributed by atoms with Gasteiger partial charge in [0.1, 0.15) is 11.5 Å². The first-order valence-electron chi connectivity index (χ1n) is 8.72. The predicted octanol–water partition coefficient (Wildman–Crippen LogP) is 4.68. The van der Waals surface area contributed by atoms with E-state index in [1.807, 2.05) is 18.2 Å². The van der Waals surface area contributed by atoms with Gasteiger partial charge < -0.3 is 19.5 Å². The molecule has 0 unspecified atom stereocenters. The van der Waals surface area contributed by atoms with Gasteiger partial charge in [-0.1, -0.05) is 42.5 Å². The highest BCUT2D eigenvalue weighted by atomic mass is 16.7. The molecule has 0 aliphatic carbocycles. The largest absolute Gasteiger partial charge is 0.497 e. The molecule has 0 aliphatic heterocycles. The summed E-state index contributed by atoms with van der Waals surface area (Å²) in [4.78, 5) is 0. The molecule has 26 heavy (non-hydrogen) atoms. The third-order valence-corrected chi connectivity index (χ3v) is 4.49. The molecule has 4 heteroatoms. The van der Waals surface area contributed by atoms with Gasteiger partial charge in [0.15, 0.2) is 6.79 Å². The number of fused-ring (bicyclic) bond motifs is 1. The summed E-state index contributed by atoms with van der Waals surface area (Å²) in [5, 5.41) is 6.13. The molecule has 3 aromatic carbocycles. The Balaban J connectivity index is 1.79. The monoisotopic (exact) mass is 351 g/mol. The zero-order chi connectivity index (χ0) is 18.4. The molecule has 4 nitrogen and oxygen atoms in total. The zero-order valence-electron chi connectivity index (χ0n) is 15.5. The van der Waals surface area contributed by atoms with Crippen LogP contribution in [0.4, 0.5) is 0 Å². The minimum atomic E-state index is 0.197. The summed E-state index contributed by atoms with van der Waals surface area (Å²) in [6, 6.07) is 20.9. The third-order valence-electron chi connectivity index (χ3n) is 4.49. The quantitative estimate of drug-likeness (QED) is 0.598. The normalized spacial score (nSPS) is 12.1. The van der Waals surface area contributed by atoms with E-state index in [0.717, 1.165) is 17.1 Å². The highest BCUT2D eigenvalue weighted by Crippen LogP contribution is 2.27. The topological polar surface area (TPSA) is 39.7 Å². The lowest BCUT2D eigenvalue weighted by molar-refractivity contribution is 0.0503. The third kappa shape index (κ3) is 4.15. The van der Waals surface area contributed by atoms with Crippen LogP contribution < -0.4 is 14.8 Å². The number of hydrogen-bond acceptors (Lipinski definition) is 4. The fraction of sp³-hybridized carbons (Fsp3) is 0.273. The SMILES string of the molecule is COCOc1ccc(OC)cc1CN[C@H](C)c1cccc2ccccc12. The van der Waals surface area contributed by atoms with E-state index < -0.39 is 0 Å². The van der Waals surface area contributed by atoms with Crippen LogP contribution in [-0.2, 0) is 11.3 Å². The minimum absolute atomic E-state index is 0.197. The highest BCUT2D eigenvalue weighted by Gasteiger charge is 2.11. The molecule has 1 atom stereocenters. The van der Waals surface area contributed by atoms with Crippen molar-refractivity contribution in [2.75, 3.05) is 21.0 Å². The molecule has 0 saturated carbocycles. The Morgan fingerprint density at radius 1 is 0.962 bits per heavy atom. The minimum Gasteiger partial charge on any atom is -0.497 e. The number of rotatable bonds is 8. The van der Waals surface area contributed by atoms with Crippen LogP contribution in [0.5, 0.6) is 11.5 Å². The molecular weight excluding hydrogens is 326 g/mol. The van der Waals surface area contributed by atoms with Crippen LogP contribution in [-0.4, -0.2) is 21.0 Å². The number of ether oxygens (including phenoxy) is 3. The highest BCUT2D eigenvalue weighted by molar-refractivity contribution is 5.86. The first-order valence-corrected chi connectivity index (χ1v) is 8.72. The van der Waals surface area contributed by atoms with Crippen LogP contribution in [0, 0.1) is 0 Å². The number of nitrogens with one attached hydrogen (secondary N) is 1. The predicted molar refractivity (Wildman–Crippen MR) is 105 cm³/mol. The molecule has 0 spiro atoms. The first-order chi connectivity index (χ1) is 12.7. The molecule has 0 aliphatic rings. The molecular formula is C22H25NO3. The number of methoxy groups -OCH3 is 2. The van der Waals surface area contributed by atoms with Gasteiger partial charge in [0.05, 0.1) is 7.11 Å². The lowest BCUT2D eigenvalue weighted by Gasteiger charge is -2.18. The van der Waals surface area contributed by atoms with Gasteiger partial charge in [0.2, 0.25) is 0 Å². The second-order valence-corrected chi connectivity index (χ2v) is 6.20. The Morgan fingerprint density at radius 3 is 2.58 bits per heavy atom. The van der Waals surface area contributed by atoms with Gasteiger partial charge in [-0.2, -0.15) is 0 Å². The molecule has 0 fully saturated rings. The van der Waals surface area contributed by atoms with Crippen molar-refractivity contribution in [2.24, 2.45) is 0 Å². The van der Waals surface area contributed by atoms with Crippen LogP contribution >= 0.6 is 0 Å². The van der Waals surface area contributed by atoms with Gasteiger partial charge in [0.25, 0.3) is 0 Å². The van der Waals surface area contributed by atoms with Crippen LogP contribution in [0.15, 0.2) is 60.7 Å². The molecule has 3 aromatic rings. The summed E-state index contributed by atoms with van der Waals surface area (Å²) in [7, 11) is 3.28. The second kappa shape index (κ2) is 8.70. The van der Waals surface area contributed by atoms with Crippen molar-refractivity contribution in [2.45, 2.75) is 19.5 Å². The van der Waals surface area contributed by atoms with Gasteiger partial charge in [-0.3, -0.25) is 0 Å². The van der Waals surface area contributed by atoms with E-state index in [1.54, 1.807) is 14.2 Å². The fourth-order valence-corrected chi connectivity index (χ4v) is 3.09. The van der Waals surface area contributed by atoms with Crippen molar-refractivity contribution < 1.29 is 14.2 Å². The van der Waals surface area contributed by atoms with E-state index in [-0.39, 0.29) is 12.8 Å². The Morgan fingerprint density at radius 2 is 1.77 bits per heavy atom. The summed E-state index contributed by atoms with van der Waals surface area (Å²) in [5.41, 5.74) is 2.32. The zero-order valence-corrected chi connectivity index (χ0v) is 15.5. The Bertz CT molecular complexity index is 858. The molecule has 1 N–H and O–H groups in total. The van der Waals surface area contributed by atoms with E-state index in [0.29, 0.717) is 6.54 Å². The Kier molecular flexibility index (Phi) is 6.10. The van der Waals surface area contributed by atoms with E-state index in [9.17, 15) is 0 Å². The Hall–Kier alpha value is -2.56.